The summed E-state index contributed by atoms with van der Waals surface area (Å²) in [5.41, 5.74) is 1.33. The van der Waals surface area contributed by atoms with Gasteiger partial charge >= 0.3 is 0 Å². The molecule has 0 aromatic carbocycles. The van der Waals surface area contributed by atoms with Crippen molar-refractivity contribution in [2.45, 2.75) is 24.5 Å². The quantitative estimate of drug-likeness (QED) is 0.629. The van der Waals surface area contributed by atoms with Crippen molar-refractivity contribution in [2.24, 2.45) is 0 Å². The molecule has 3 heteroatoms. The molecule has 0 unspecified atom stereocenters. The number of nitrogens with zero attached hydrogens (tertiary/aromatic N) is 1. The van der Waals surface area contributed by atoms with Crippen LogP contribution in [0, 0.1) is 0 Å². The lowest BCUT2D eigenvalue weighted by Gasteiger charge is -2.30. The first kappa shape index (κ1) is 9.19. The number of aliphatic hydroxyl groups is 1. The van der Waals surface area contributed by atoms with E-state index in [0.717, 1.165) is 25.9 Å². The molecule has 0 bridgehead atoms. The van der Waals surface area contributed by atoms with Gasteiger partial charge in [0.1, 0.15) is 0 Å². The number of hydrogen-bond donors (Lipinski definition) is 1. The summed E-state index contributed by atoms with van der Waals surface area (Å²) < 4.78 is 5.23. The highest BCUT2D eigenvalue weighted by Crippen LogP contribution is 2.40. The summed E-state index contributed by atoms with van der Waals surface area (Å²) in [7, 11) is 1.72. The molecule has 1 N–H and O–H groups in total. The topological polar surface area (TPSA) is 32.7 Å². The van der Waals surface area contributed by atoms with Crippen molar-refractivity contribution in [2.75, 3.05) is 26.8 Å². The molecule has 2 saturated heterocycles. The van der Waals surface area contributed by atoms with Crippen molar-refractivity contribution in [1.29, 1.82) is 0 Å². The minimum atomic E-state index is -0.178. The summed E-state index contributed by atoms with van der Waals surface area (Å²) >= 11 is 0. The minimum Gasteiger partial charge on any atom is -0.392 e. The Morgan fingerprint density at radius 3 is 3.23 bits per heavy atom. The molecule has 0 aromatic heterocycles. The van der Waals surface area contributed by atoms with E-state index < -0.39 is 0 Å². The first-order valence-corrected chi connectivity index (χ1v) is 4.75. The molecule has 74 valence electrons. The maximum atomic E-state index is 9.59. The number of aliphatic hydroxyl groups excluding tert-OH is 1. The van der Waals surface area contributed by atoms with Crippen molar-refractivity contribution in [3.05, 3.63) is 12.2 Å². The Kier molecular flexibility index (Phi) is 2.18. The lowest BCUT2D eigenvalue weighted by molar-refractivity contribution is 0.0648. The Labute approximate surface area is 79.0 Å². The minimum absolute atomic E-state index is 0.0608. The average molecular weight is 183 g/mol. The zero-order valence-electron chi connectivity index (χ0n) is 8.12. The van der Waals surface area contributed by atoms with Crippen LogP contribution in [0.1, 0.15) is 12.8 Å². The summed E-state index contributed by atoms with van der Waals surface area (Å²) in [4.78, 5) is 2.31. The van der Waals surface area contributed by atoms with Gasteiger partial charge in [0.05, 0.1) is 18.2 Å². The van der Waals surface area contributed by atoms with E-state index in [1.165, 1.54) is 5.57 Å². The van der Waals surface area contributed by atoms with Crippen molar-refractivity contribution >= 4 is 0 Å². The molecule has 2 fully saturated rings. The molecule has 0 radical (unpaired) electrons. The summed E-state index contributed by atoms with van der Waals surface area (Å²) in [5, 5.41) is 9.59. The highest BCUT2D eigenvalue weighted by atomic mass is 16.5. The molecular formula is C10H17NO2. The maximum absolute atomic E-state index is 9.59. The van der Waals surface area contributed by atoms with E-state index in [1.807, 2.05) is 0 Å². The first-order valence-electron chi connectivity index (χ1n) is 4.75. The van der Waals surface area contributed by atoms with Crippen LogP contribution in [0.15, 0.2) is 12.2 Å². The second-order valence-electron chi connectivity index (χ2n) is 4.32. The molecule has 2 aliphatic rings. The summed E-state index contributed by atoms with van der Waals surface area (Å²) in [6.07, 6.45) is 1.64. The fraction of sp³-hybridized carbons (Fsp3) is 0.800. The monoisotopic (exact) mass is 183 g/mol. The van der Waals surface area contributed by atoms with Gasteiger partial charge in [-0.25, -0.2) is 0 Å². The van der Waals surface area contributed by atoms with Crippen molar-refractivity contribution in [3.8, 4) is 0 Å². The molecule has 0 spiro atoms. The Hall–Kier alpha value is -0.380. The molecule has 0 amide bonds. The number of ether oxygens (including phenoxy) is 1. The predicted molar refractivity (Wildman–Crippen MR) is 50.6 cm³/mol. The highest BCUT2D eigenvalue weighted by Gasteiger charge is 2.49. The summed E-state index contributed by atoms with van der Waals surface area (Å²) in [6.45, 7) is 6.43. The van der Waals surface area contributed by atoms with E-state index in [2.05, 4.69) is 11.5 Å². The molecule has 3 nitrogen and oxygen atoms in total. The van der Waals surface area contributed by atoms with E-state index in [0.29, 0.717) is 6.61 Å². The number of hydrogen-bond acceptors (Lipinski definition) is 3. The van der Waals surface area contributed by atoms with Gasteiger partial charge in [-0.15, -0.1) is 0 Å². The number of rotatable bonds is 2. The van der Waals surface area contributed by atoms with Crippen LogP contribution in [0.5, 0.6) is 0 Å². The van der Waals surface area contributed by atoms with E-state index in [1.54, 1.807) is 7.11 Å². The van der Waals surface area contributed by atoms with Gasteiger partial charge in [-0.1, -0.05) is 12.2 Å². The third-order valence-corrected chi connectivity index (χ3v) is 3.12. The van der Waals surface area contributed by atoms with Gasteiger partial charge in [-0.2, -0.15) is 0 Å². The van der Waals surface area contributed by atoms with Crippen LogP contribution in [-0.4, -0.2) is 48.5 Å². The maximum Gasteiger partial charge on any atom is 0.0686 e. The highest BCUT2D eigenvalue weighted by molar-refractivity contribution is 5.18. The zero-order valence-corrected chi connectivity index (χ0v) is 8.12. The Morgan fingerprint density at radius 1 is 1.77 bits per heavy atom. The standard InChI is InChI=1S/C10H17NO2/c1-8-3-10(7-13-2)4-9(12)6-11(10)5-8/h9,12H,1,3-7H2,2H3/t9-,10+/m0/s1. The van der Waals surface area contributed by atoms with Gasteiger partial charge in [0.2, 0.25) is 0 Å². The van der Waals surface area contributed by atoms with Crippen LogP contribution in [0.25, 0.3) is 0 Å². The van der Waals surface area contributed by atoms with Crippen LogP contribution < -0.4 is 0 Å². The molecular weight excluding hydrogens is 166 g/mol. The Morgan fingerprint density at radius 2 is 2.54 bits per heavy atom. The second-order valence-corrected chi connectivity index (χ2v) is 4.32. The first-order chi connectivity index (χ1) is 6.16. The van der Waals surface area contributed by atoms with E-state index in [-0.39, 0.29) is 11.6 Å². The largest absolute Gasteiger partial charge is 0.392 e. The average Bonchev–Trinajstić information content (AvgIpc) is 2.40. The van der Waals surface area contributed by atoms with Crippen molar-refractivity contribution < 1.29 is 9.84 Å². The van der Waals surface area contributed by atoms with Gasteiger partial charge in [0, 0.05) is 20.2 Å². The van der Waals surface area contributed by atoms with Crippen molar-refractivity contribution in [3.63, 3.8) is 0 Å². The fourth-order valence-electron chi connectivity index (χ4n) is 2.76. The predicted octanol–water partition coefficient (Wildman–Crippen LogP) is 0.398. The Bertz CT molecular complexity index is 229. The molecule has 0 aromatic rings. The number of methoxy groups -OCH3 is 1. The summed E-state index contributed by atoms with van der Waals surface area (Å²) in [5.74, 6) is 0. The van der Waals surface area contributed by atoms with Gasteiger partial charge in [0.25, 0.3) is 0 Å². The van der Waals surface area contributed by atoms with Gasteiger partial charge < -0.3 is 9.84 Å². The molecule has 13 heavy (non-hydrogen) atoms. The van der Waals surface area contributed by atoms with E-state index >= 15 is 0 Å². The van der Waals surface area contributed by atoms with Crippen LogP contribution in [0.2, 0.25) is 0 Å². The fourth-order valence-corrected chi connectivity index (χ4v) is 2.76. The normalized spacial score (nSPS) is 39.8. The number of fused-ring (bicyclic) bond motifs is 1. The van der Waals surface area contributed by atoms with E-state index in [4.69, 9.17) is 4.74 Å². The smallest absolute Gasteiger partial charge is 0.0686 e. The van der Waals surface area contributed by atoms with Crippen LogP contribution in [-0.2, 0) is 4.74 Å². The molecule has 2 rings (SSSR count). The molecule has 2 atom stereocenters. The summed E-state index contributed by atoms with van der Waals surface area (Å²) in [6, 6.07) is 0. The third kappa shape index (κ3) is 1.41. The van der Waals surface area contributed by atoms with E-state index in [9.17, 15) is 5.11 Å². The molecule has 2 heterocycles. The van der Waals surface area contributed by atoms with Crippen molar-refractivity contribution in [1.82, 2.24) is 4.90 Å². The lowest BCUT2D eigenvalue weighted by atomic mass is 9.93. The molecule has 0 aliphatic carbocycles. The Balaban J connectivity index is 2.16. The van der Waals surface area contributed by atoms with Crippen LogP contribution in [0.3, 0.4) is 0 Å². The van der Waals surface area contributed by atoms with Crippen LogP contribution >= 0.6 is 0 Å². The number of β-amino-alcohol motifs (C(OH)–C–C–N with tert-alkyl or cyclic N) is 1. The third-order valence-electron chi connectivity index (χ3n) is 3.12. The molecule has 0 saturated carbocycles. The SMILES string of the molecule is C=C1CN2C[C@@H](O)C[C@@]2(COC)C1. The molecule has 2 aliphatic heterocycles. The van der Waals surface area contributed by atoms with Gasteiger partial charge in [0.15, 0.2) is 0 Å². The lowest BCUT2D eigenvalue weighted by Crippen LogP contribution is -2.42. The van der Waals surface area contributed by atoms with Gasteiger partial charge in [-0.3, -0.25) is 4.90 Å². The van der Waals surface area contributed by atoms with Crippen LogP contribution in [0.4, 0.5) is 0 Å². The second kappa shape index (κ2) is 3.08. The van der Waals surface area contributed by atoms with Gasteiger partial charge in [-0.05, 0) is 12.8 Å². The zero-order chi connectivity index (χ0) is 9.47.